The first kappa shape index (κ1) is 6.17. The highest BCUT2D eigenvalue weighted by Gasteiger charge is 2.20. The van der Waals surface area contributed by atoms with Crippen molar-refractivity contribution in [1.82, 2.24) is 4.98 Å². The Bertz CT molecular complexity index is 247. The lowest BCUT2D eigenvalue weighted by molar-refractivity contribution is 0.873. The molecule has 2 rings (SSSR count). The van der Waals surface area contributed by atoms with Gasteiger partial charge in [0, 0.05) is 11.9 Å². The van der Waals surface area contributed by atoms with Crippen molar-refractivity contribution >= 4 is 11.6 Å². The number of fused-ring (bicyclic) bond motifs is 1. The SMILES string of the molecule is ClC1CCc2ncc[c]c21. The molecule has 2 heteroatoms. The lowest BCUT2D eigenvalue weighted by Crippen LogP contribution is -1.86. The van der Waals surface area contributed by atoms with Crippen LogP contribution in [0.1, 0.15) is 23.1 Å². The van der Waals surface area contributed by atoms with Crippen LogP contribution in [-0.4, -0.2) is 4.98 Å². The lowest BCUT2D eigenvalue weighted by atomic mass is 10.2. The van der Waals surface area contributed by atoms with E-state index in [0.717, 1.165) is 24.1 Å². The zero-order valence-electron chi connectivity index (χ0n) is 5.47. The Morgan fingerprint density at radius 1 is 1.70 bits per heavy atom. The summed E-state index contributed by atoms with van der Waals surface area (Å²) in [6.07, 6.45) is 3.80. The van der Waals surface area contributed by atoms with Crippen LogP contribution in [0.3, 0.4) is 0 Å². The maximum absolute atomic E-state index is 5.97. The molecule has 1 aliphatic rings. The molecule has 0 saturated heterocycles. The summed E-state index contributed by atoms with van der Waals surface area (Å²) in [5, 5.41) is 0.156. The van der Waals surface area contributed by atoms with E-state index in [2.05, 4.69) is 11.1 Å². The molecule has 1 radical (unpaired) electrons. The first-order valence-corrected chi connectivity index (χ1v) is 3.81. The van der Waals surface area contributed by atoms with E-state index in [-0.39, 0.29) is 5.38 Å². The Morgan fingerprint density at radius 3 is 3.40 bits per heavy atom. The molecule has 10 heavy (non-hydrogen) atoms. The fraction of sp³-hybridized carbons (Fsp3) is 0.375. The quantitative estimate of drug-likeness (QED) is 0.519. The normalized spacial score (nSPS) is 22.7. The fourth-order valence-electron chi connectivity index (χ4n) is 1.29. The third kappa shape index (κ3) is 0.816. The van der Waals surface area contributed by atoms with Crippen molar-refractivity contribution in [2.45, 2.75) is 18.2 Å². The lowest BCUT2D eigenvalue weighted by Gasteiger charge is -1.97. The van der Waals surface area contributed by atoms with Gasteiger partial charge in [-0.05, 0) is 30.5 Å². The molecule has 0 saturated carbocycles. The first-order valence-electron chi connectivity index (χ1n) is 3.37. The molecule has 0 N–H and O–H groups in total. The van der Waals surface area contributed by atoms with Gasteiger partial charge in [-0.25, -0.2) is 0 Å². The Morgan fingerprint density at radius 2 is 2.60 bits per heavy atom. The highest BCUT2D eigenvalue weighted by atomic mass is 35.5. The molecule has 0 fully saturated rings. The predicted octanol–water partition coefficient (Wildman–Crippen LogP) is 2.11. The summed E-state index contributed by atoms with van der Waals surface area (Å²) in [4.78, 5) is 4.19. The molecule has 0 aromatic carbocycles. The predicted molar refractivity (Wildman–Crippen MR) is 40.0 cm³/mol. The fourth-order valence-corrected chi connectivity index (χ4v) is 1.58. The number of hydrogen-bond donors (Lipinski definition) is 0. The van der Waals surface area contributed by atoms with E-state index in [1.54, 1.807) is 6.20 Å². The molecule has 0 amide bonds. The van der Waals surface area contributed by atoms with Crippen LogP contribution in [0, 0.1) is 6.07 Å². The van der Waals surface area contributed by atoms with Gasteiger partial charge in [0.2, 0.25) is 0 Å². The molecule has 1 atom stereocenters. The minimum atomic E-state index is 0.156. The van der Waals surface area contributed by atoms with Gasteiger partial charge in [-0.15, -0.1) is 11.6 Å². The average molecular weight is 153 g/mol. The van der Waals surface area contributed by atoms with Gasteiger partial charge in [-0.3, -0.25) is 4.98 Å². The van der Waals surface area contributed by atoms with Gasteiger partial charge in [0.05, 0.1) is 5.38 Å². The van der Waals surface area contributed by atoms with E-state index in [0.29, 0.717) is 0 Å². The largest absolute Gasteiger partial charge is 0.261 e. The molecule has 1 nitrogen and oxygen atoms in total. The second-order valence-corrected chi connectivity index (χ2v) is 2.98. The number of pyridine rings is 1. The van der Waals surface area contributed by atoms with Gasteiger partial charge in [-0.1, -0.05) is 0 Å². The Balaban J connectivity index is 2.51. The summed E-state index contributed by atoms with van der Waals surface area (Å²) >= 11 is 5.97. The van der Waals surface area contributed by atoms with Crippen LogP contribution in [0.25, 0.3) is 0 Å². The van der Waals surface area contributed by atoms with Crippen molar-refractivity contribution in [1.29, 1.82) is 0 Å². The van der Waals surface area contributed by atoms with Crippen molar-refractivity contribution in [3.8, 4) is 0 Å². The molecule has 0 aliphatic heterocycles. The summed E-state index contributed by atoms with van der Waals surface area (Å²) in [6, 6.07) is 4.92. The van der Waals surface area contributed by atoms with Gasteiger partial charge in [0.1, 0.15) is 0 Å². The van der Waals surface area contributed by atoms with Crippen LogP contribution >= 0.6 is 11.6 Å². The molecule has 0 spiro atoms. The summed E-state index contributed by atoms with van der Waals surface area (Å²) in [5.41, 5.74) is 2.23. The van der Waals surface area contributed by atoms with Crippen LogP contribution in [0.15, 0.2) is 12.3 Å². The van der Waals surface area contributed by atoms with E-state index >= 15 is 0 Å². The van der Waals surface area contributed by atoms with E-state index in [4.69, 9.17) is 11.6 Å². The maximum Gasteiger partial charge on any atom is 0.0613 e. The zero-order valence-corrected chi connectivity index (χ0v) is 6.23. The molecule has 1 heterocycles. The molecule has 1 aromatic rings. The molecule has 1 unspecified atom stereocenters. The molecular formula is C8H7ClN. The number of alkyl halides is 1. The standard InChI is InChI=1S/C8H7ClN/c9-7-3-4-8-6(7)2-1-5-10-8/h1,5,7H,3-4H2. The first-order chi connectivity index (χ1) is 4.88. The number of aryl methyl sites for hydroxylation is 1. The molecule has 1 aliphatic carbocycles. The maximum atomic E-state index is 5.97. The van der Waals surface area contributed by atoms with Gasteiger partial charge in [0.15, 0.2) is 0 Å². The molecule has 51 valence electrons. The monoisotopic (exact) mass is 152 g/mol. The summed E-state index contributed by atoms with van der Waals surface area (Å²) < 4.78 is 0. The Labute approximate surface area is 65.0 Å². The Hall–Kier alpha value is -0.560. The van der Waals surface area contributed by atoms with Crippen LogP contribution in [0.2, 0.25) is 0 Å². The highest BCUT2D eigenvalue weighted by Crippen LogP contribution is 2.33. The van der Waals surface area contributed by atoms with E-state index < -0.39 is 0 Å². The van der Waals surface area contributed by atoms with Crippen LogP contribution < -0.4 is 0 Å². The number of rotatable bonds is 0. The number of halogens is 1. The van der Waals surface area contributed by atoms with Gasteiger partial charge in [0.25, 0.3) is 0 Å². The van der Waals surface area contributed by atoms with E-state index in [1.165, 1.54) is 0 Å². The second-order valence-electron chi connectivity index (χ2n) is 2.46. The smallest absolute Gasteiger partial charge is 0.0613 e. The van der Waals surface area contributed by atoms with Gasteiger partial charge < -0.3 is 0 Å². The minimum Gasteiger partial charge on any atom is -0.261 e. The topological polar surface area (TPSA) is 12.9 Å². The van der Waals surface area contributed by atoms with Crippen molar-refractivity contribution in [2.75, 3.05) is 0 Å². The van der Waals surface area contributed by atoms with Crippen molar-refractivity contribution < 1.29 is 0 Å². The second kappa shape index (κ2) is 2.24. The van der Waals surface area contributed by atoms with Crippen LogP contribution in [-0.2, 0) is 6.42 Å². The van der Waals surface area contributed by atoms with Crippen LogP contribution in [0.4, 0.5) is 0 Å². The van der Waals surface area contributed by atoms with Crippen molar-refractivity contribution in [2.24, 2.45) is 0 Å². The van der Waals surface area contributed by atoms with Crippen molar-refractivity contribution in [3.63, 3.8) is 0 Å². The minimum absolute atomic E-state index is 0.156. The Kier molecular flexibility index (Phi) is 1.38. The van der Waals surface area contributed by atoms with E-state index in [1.807, 2.05) is 6.07 Å². The molecular weight excluding hydrogens is 146 g/mol. The summed E-state index contributed by atoms with van der Waals surface area (Å²) in [7, 11) is 0. The number of hydrogen-bond acceptors (Lipinski definition) is 1. The van der Waals surface area contributed by atoms with E-state index in [9.17, 15) is 0 Å². The third-order valence-corrected chi connectivity index (χ3v) is 2.24. The average Bonchev–Trinajstić information content (AvgIpc) is 2.34. The molecule has 0 bridgehead atoms. The summed E-state index contributed by atoms with van der Waals surface area (Å²) in [6.45, 7) is 0. The third-order valence-electron chi connectivity index (χ3n) is 1.80. The van der Waals surface area contributed by atoms with Crippen molar-refractivity contribution in [3.05, 3.63) is 29.6 Å². The summed E-state index contributed by atoms with van der Waals surface area (Å²) in [5.74, 6) is 0. The van der Waals surface area contributed by atoms with Gasteiger partial charge >= 0.3 is 0 Å². The highest BCUT2D eigenvalue weighted by molar-refractivity contribution is 6.21. The number of aromatic nitrogens is 1. The van der Waals surface area contributed by atoms with Crippen LogP contribution in [0.5, 0.6) is 0 Å². The number of nitrogens with zero attached hydrogens (tertiary/aromatic N) is 1. The zero-order chi connectivity index (χ0) is 6.97. The molecule has 1 aromatic heterocycles. The van der Waals surface area contributed by atoms with Gasteiger partial charge in [-0.2, -0.15) is 0 Å².